The number of methoxy groups -OCH3 is 3. The first-order valence-corrected chi connectivity index (χ1v) is 33.1. The smallest absolute Gasteiger partial charge is 0.413 e. The van der Waals surface area contributed by atoms with E-state index in [1.165, 1.54) is 47.7 Å². The molecule has 2 saturated heterocycles. The molecule has 9 rings (SSSR count). The molecule has 3 N–H and O–H groups in total. The molecule has 0 saturated carbocycles. The second-order valence-electron chi connectivity index (χ2n) is 25.3. The number of carbonyl (C=O) groups excluding carboxylic acids is 6. The number of aromatic nitrogens is 3. The van der Waals surface area contributed by atoms with Gasteiger partial charge in [-0.15, -0.1) is 23.1 Å². The Kier molecular flexibility index (Phi) is 22.1. The largest absolute Gasteiger partial charge is 0.497 e. The number of amides is 4. The lowest BCUT2D eigenvalue weighted by Gasteiger charge is -2.50. The molecular weight excluding hydrogens is 1290 g/mol. The van der Waals surface area contributed by atoms with E-state index in [2.05, 4.69) is 31.2 Å². The first-order chi connectivity index (χ1) is 45.1. The molecule has 0 radical (unpaired) electrons. The summed E-state index contributed by atoms with van der Waals surface area (Å²) in [4.78, 5) is 111. The van der Waals surface area contributed by atoms with Crippen LogP contribution >= 0.6 is 34.7 Å². The van der Waals surface area contributed by atoms with Crippen molar-refractivity contribution in [1.82, 2.24) is 30.3 Å². The number of hydrogen-bond donors (Lipinski definition) is 3. The lowest BCUT2D eigenvalue weighted by molar-refractivity contribution is -0.911. The van der Waals surface area contributed by atoms with Crippen LogP contribution in [0.25, 0.3) is 10.9 Å². The van der Waals surface area contributed by atoms with E-state index in [1.54, 1.807) is 98.2 Å². The number of carbonyl (C=O) groups is 6. The summed E-state index contributed by atoms with van der Waals surface area (Å²) >= 11 is 9.51. The average molecular weight is 1370 g/mol. The molecule has 6 aromatic rings. The van der Waals surface area contributed by atoms with Crippen molar-refractivity contribution in [1.29, 1.82) is 0 Å². The summed E-state index contributed by atoms with van der Waals surface area (Å²) in [6.45, 7) is 17.1. The Hall–Kier alpha value is -8.92. The van der Waals surface area contributed by atoms with E-state index in [0.717, 1.165) is 35.3 Å². The van der Waals surface area contributed by atoms with Crippen molar-refractivity contribution in [2.75, 3.05) is 65.1 Å². The number of anilines is 1. The molecule has 25 nitrogen and oxygen atoms in total. The standard InChI is InChI=1S/C67H78ClN9O16S2/c1-13-75-47-32-48(88-34-39-16-22-43(85-10)23-17-39)56(89-35-40-18-24-44(86-11)25-19-40)50(68)49(47)55(78)52(73-75)57(79)69-28-31-77(29-14-15-30-77)33-42-37-94-60-53(59(81)76(60)54(42)61(82)90-36-41-20-26-45(87-12)27-21-41)71-58(80)51(74-93-67(8,9)62(83)91-65(2,3)4)46-38-95-63(70-46)72-64(84)92-66(5,6)7/h16-27,32,38,53,60H,13-15,28-31,33-37H2,1-12H3,(H2-,69,70,71,72,79,80,84)/p+1/t53-,60-/m1/s1. The van der Waals surface area contributed by atoms with E-state index in [9.17, 15) is 33.6 Å². The number of esters is 2. The maximum atomic E-state index is 14.7. The fourth-order valence-electron chi connectivity index (χ4n) is 10.7. The summed E-state index contributed by atoms with van der Waals surface area (Å²) in [7, 11) is 4.69. The maximum Gasteiger partial charge on any atom is 0.413 e. The van der Waals surface area contributed by atoms with Crippen LogP contribution in [0, 0.1) is 0 Å². The van der Waals surface area contributed by atoms with Crippen molar-refractivity contribution in [2.24, 2.45) is 5.16 Å². The van der Waals surface area contributed by atoms with Crippen molar-refractivity contribution in [3.63, 3.8) is 0 Å². The van der Waals surface area contributed by atoms with Crippen LogP contribution in [-0.2, 0) is 64.6 Å². The third-order valence-electron chi connectivity index (χ3n) is 15.5. The van der Waals surface area contributed by atoms with Gasteiger partial charge in [0.2, 0.25) is 11.0 Å². The SMILES string of the molecule is CCn1nc(C(=O)NCC[N+]2(CC3=C(C(=O)OCc4ccc(OC)cc4)N4C(=O)[C@@H](NC(=O)C(=NOC(C)(C)C(=O)OC(C)(C)C)c5csc(NC(=O)OC(C)(C)C)n5)[C@H]4SC3)CCCC2)c(=O)c2c(Cl)c(OCc3ccc(OC)cc3)c(OCc3ccc(OC)cc3)cc21. The van der Waals surface area contributed by atoms with E-state index in [4.69, 9.17) is 54.3 Å². The molecule has 3 aliphatic rings. The van der Waals surface area contributed by atoms with Crippen LogP contribution in [-0.4, -0.2) is 154 Å². The molecular formula is C67H79ClN9O16S2+. The van der Waals surface area contributed by atoms with Crippen molar-refractivity contribution >= 4 is 92.2 Å². The number of thiazole rings is 1. The number of hydrogen-bond acceptors (Lipinski definition) is 21. The second-order valence-corrected chi connectivity index (χ2v) is 27.6. The summed E-state index contributed by atoms with van der Waals surface area (Å²) in [5.74, 6) is -1.31. The first kappa shape index (κ1) is 70.4. The molecule has 0 unspecified atom stereocenters. The van der Waals surface area contributed by atoms with Gasteiger partial charge in [-0.05, 0) is 115 Å². The highest BCUT2D eigenvalue weighted by Gasteiger charge is 2.56. The number of ether oxygens (including phenoxy) is 8. The highest BCUT2D eigenvalue weighted by atomic mass is 35.5. The summed E-state index contributed by atoms with van der Waals surface area (Å²) in [5.41, 5.74) is -1.84. The molecule has 506 valence electrons. The van der Waals surface area contributed by atoms with Gasteiger partial charge in [0, 0.05) is 42.2 Å². The van der Waals surface area contributed by atoms with Crippen molar-refractivity contribution in [3.05, 3.63) is 139 Å². The monoisotopic (exact) mass is 1360 g/mol. The topological polar surface area (TPSA) is 285 Å². The number of likely N-dealkylation sites (tertiary alicyclic amines) is 1. The minimum absolute atomic E-state index is 0.0108. The van der Waals surface area contributed by atoms with E-state index >= 15 is 0 Å². The predicted molar refractivity (Wildman–Crippen MR) is 357 cm³/mol. The molecule has 2 atom stereocenters. The predicted octanol–water partition coefficient (Wildman–Crippen LogP) is 9.34. The molecule has 0 aliphatic carbocycles. The Morgan fingerprint density at radius 2 is 1.36 bits per heavy atom. The van der Waals surface area contributed by atoms with E-state index in [0.29, 0.717) is 58.0 Å². The molecule has 0 bridgehead atoms. The Labute approximate surface area is 563 Å². The normalized spacial score (nSPS) is 16.2. The number of oxime groups is 1. The lowest BCUT2D eigenvalue weighted by atomic mass is 10.0. The van der Waals surface area contributed by atoms with Gasteiger partial charge in [0.05, 0.1) is 63.4 Å². The Morgan fingerprint density at radius 3 is 1.93 bits per heavy atom. The van der Waals surface area contributed by atoms with E-state index in [-0.39, 0.29) is 89.3 Å². The minimum Gasteiger partial charge on any atom is -0.497 e. The van der Waals surface area contributed by atoms with Gasteiger partial charge in [-0.3, -0.25) is 34.1 Å². The summed E-state index contributed by atoms with van der Waals surface area (Å²) < 4.78 is 47.6. The molecule has 3 aliphatic heterocycles. The first-order valence-electron chi connectivity index (χ1n) is 30.8. The van der Waals surface area contributed by atoms with Crippen LogP contribution in [0.4, 0.5) is 9.93 Å². The van der Waals surface area contributed by atoms with Gasteiger partial charge in [-0.25, -0.2) is 19.4 Å². The number of β-lactam (4-membered cyclic amide) rings is 1. The summed E-state index contributed by atoms with van der Waals surface area (Å²) in [5, 5.41) is 17.6. The van der Waals surface area contributed by atoms with Gasteiger partial charge >= 0.3 is 18.0 Å². The molecule has 95 heavy (non-hydrogen) atoms. The number of thioether (sulfide) groups is 1. The zero-order valence-corrected chi connectivity index (χ0v) is 57.5. The minimum atomic E-state index is -1.72. The van der Waals surface area contributed by atoms with Crippen molar-refractivity contribution in [2.45, 2.75) is 130 Å². The van der Waals surface area contributed by atoms with E-state index < -0.39 is 75.1 Å². The number of quaternary nitrogens is 1. The third-order valence-corrected chi connectivity index (χ3v) is 18.0. The van der Waals surface area contributed by atoms with Gasteiger partial charge < -0.3 is 57.8 Å². The van der Waals surface area contributed by atoms with Crippen molar-refractivity contribution < 1.29 is 76.0 Å². The summed E-state index contributed by atoms with van der Waals surface area (Å²) in [6.07, 6.45) is 0.849. The summed E-state index contributed by atoms with van der Waals surface area (Å²) in [6, 6.07) is 22.0. The number of rotatable bonds is 26. The van der Waals surface area contributed by atoms with Gasteiger partial charge in [0.15, 0.2) is 28.0 Å². The lowest BCUT2D eigenvalue weighted by Crippen LogP contribution is -2.71. The van der Waals surface area contributed by atoms with Crippen LogP contribution in [0.3, 0.4) is 0 Å². The van der Waals surface area contributed by atoms with Gasteiger partial charge in [-0.2, -0.15) is 5.10 Å². The number of aryl methyl sites for hydroxylation is 1. The number of fused-ring (bicyclic) bond motifs is 2. The fourth-order valence-corrected chi connectivity index (χ4v) is 13.0. The Balaban J connectivity index is 0.968. The molecule has 4 amide bonds. The average Bonchev–Trinajstić information content (AvgIpc) is 0.753. The molecule has 2 aromatic heterocycles. The fraction of sp³-hybridized carbons (Fsp3) is 0.433. The van der Waals surface area contributed by atoms with Gasteiger partial charge in [0.25, 0.3) is 17.7 Å². The third kappa shape index (κ3) is 17.1. The van der Waals surface area contributed by atoms with E-state index in [1.807, 2.05) is 43.3 Å². The highest BCUT2D eigenvalue weighted by Crippen LogP contribution is 2.44. The van der Waals surface area contributed by atoms with Crippen LogP contribution < -0.4 is 45.1 Å². The molecule has 4 aromatic carbocycles. The van der Waals surface area contributed by atoms with Crippen LogP contribution in [0.2, 0.25) is 5.02 Å². The second kappa shape index (κ2) is 29.8. The molecule has 28 heteroatoms. The Morgan fingerprint density at radius 1 is 0.779 bits per heavy atom. The maximum absolute atomic E-state index is 14.7. The van der Waals surface area contributed by atoms with Crippen LogP contribution in [0.1, 0.15) is 108 Å². The molecule has 2 fully saturated rings. The van der Waals surface area contributed by atoms with Crippen LogP contribution in [0.5, 0.6) is 28.7 Å². The zero-order chi connectivity index (χ0) is 68.6. The number of nitrogens with zero attached hydrogens (tertiary/aromatic N) is 6. The zero-order valence-electron chi connectivity index (χ0n) is 55.1. The van der Waals surface area contributed by atoms with Crippen molar-refractivity contribution in [3.8, 4) is 28.7 Å². The number of nitrogens with one attached hydrogen (secondary N) is 3. The van der Waals surface area contributed by atoms with Crippen LogP contribution in [0.15, 0.2) is 105 Å². The highest BCUT2D eigenvalue weighted by molar-refractivity contribution is 8.00. The number of benzene rings is 4. The van der Waals surface area contributed by atoms with Gasteiger partial charge in [0.1, 0.15) is 77.6 Å². The Bertz CT molecular complexity index is 3970. The quantitative estimate of drug-likeness (QED) is 0.0114. The number of halogens is 1. The van der Waals surface area contributed by atoms with Gasteiger partial charge in [-0.1, -0.05) is 53.2 Å². The molecule has 5 heterocycles. The molecule has 0 spiro atoms.